The topological polar surface area (TPSA) is 62.9 Å². The van der Waals surface area contributed by atoms with Crippen molar-refractivity contribution in [1.29, 1.82) is 0 Å². The second-order valence-electron chi connectivity index (χ2n) is 4.31. The quantitative estimate of drug-likeness (QED) is 0.885. The van der Waals surface area contributed by atoms with Crippen molar-refractivity contribution in [3.05, 3.63) is 42.0 Å². The number of hydrogen-bond acceptors (Lipinski definition) is 5. The predicted octanol–water partition coefficient (Wildman–Crippen LogP) is 2.96. The van der Waals surface area contributed by atoms with Gasteiger partial charge in [-0.25, -0.2) is 0 Å². The second-order valence-corrected chi connectivity index (χ2v) is 4.31. The van der Waals surface area contributed by atoms with Crippen LogP contribution in [0.1, 0.15) is 5.56 Å². The van der Waals surface area contributed by atoms with E-state index in [2.05, 4.69) is 0 Å². The maximum absolute atomic E-state index is 5.83. The van der Waals surface area contributed by atoms with Crippen LogP contribution in [-0.2, 0) is 6.54 Å². The summed E-state index contributed by atoms with van der Waals surface area (Å²) in [4.78, 5) is 0. The third-order valence-electron chi connectivity index (χ3n) is 3.01. The standard InChI is InChI=1S/C16H19NO4/c1-18-14-8-13(9-15(19-2)16(14)20-3)21-12-6-4-5-11(7-12)10-17/h4-9H,10,17H2,1-3H3. The van der Waals surface area contributed by atoms with Crippen LogP contribution in [0.5, 0.6) is 28.7 Å². The lowest BCUT2D eigenvalue weighted by Gasteiger charge is -2.14. The van der Waals surface area contributed by atoms with E-state index in [9.17, 15) is 0 Å². The molecule has 0 saturated carbocycles. The van der Waals surface area contributed by atoms with Crippen molar-refractivity contribution in [3.63, 3.8) is 0 Å². The van der Waals surface area contributed by atoms with Crippen molar-refractivity contribution in [2.75, 3.05) is 21.3 Å². The minimum atomic E-state index is 0.465. The molecule has 0 saturated heterocycles. The molecule has 2 rings (SSSR count). The lowest BCUT2D eigenvalue weighted by Crippen LogP contribution is -1.97. The number of ether oxygens (including phenoxy) is 4. The summed E-state index contributed by atoms with van der Waals surface area (Å²) in [7, 11) is 4.69. The molecule has 0 amide bonds. The highest BCUT2D eigenvalue weighted by molar-refractivity contribution is 5.56. The van der Waals surface area contributed by atoms with E-state index in [4.69, 9.17) is 24.7 Å². The summed E-state index contributed by atoms with van der Waals surface area (Å²) in [6.45, 7) is 0.465. The molecule has 0 spiro atoms. The lowest BCUT2D eigenvalue weighted by molar-refractivity contribution is 0.321. The fraction of sp³-hybridized carbons (Fsp3) is 0.250. The van der Waals surface area contributed by atoms with Gasteiger partial charge in [-0.15, -0.1) is 0 Å². The average molecular weight is 289 g/mol. The van der Waals surface area contributed by atoms with Crippen LogP contribution in [0.4, 0.5) is 0 Å². The number of benzene rings is 2. The first-order chi connectivity index (χ1) is 10.2. The van der Waals surface area contributed by atoms with E-state index < -0.39 is 0 Å². The van der Waals surface area contributed by atoms with Crippen molar-refractivity contribution >= 4 is 0 Å². The van der Waals surface area contributed by atoms with Crippen molar-refractivity contribution in [2.45, 2.75) is 6.54 Å². The van der Waals surface area contributed by atoms with Gasteiger partial charge >= 0.3 is 0 Å². The van der Waals surface area contributed by atoms with Crippen LogP contribution in [0.15, 0.2) is 36.4 Å². The monoisotopic (exact) mass is 289 g/mol. The Morgan fingerprint density at radius 2 is 1.52 bits per heavy atom. The van der Waals surface area contributed by atoms with Gasteiger partial charge in [0.2, 0.25) is 5.75 Å². The first-order valence-electron chi connectivity index (χ1n) is 6.48. The summed E-state index contributed by atoms with van der Waals surface area (Å²) in [6, 6.07) is 11.1. The smallest absolute Gasteiger partial charge is 0.203 e. The predicted molar refractivity (Wildman–Crippen MR) is 80.5 cm³/mol. The van der Waals surface area contributed by atoms with Gasteiger partial charge in [-0.1, -0.05) is 12.1 Å². The molecular weight excluding hydrogens is 270 g/mol. The SMILES string of the molecule is COc1cc(Oc2cccc(CN)c2)cc(OC)c1OC. The maximum Gasteiger partial charge on any atom is 0.203 e. The van der Waals surface area contributed by atoms with Gasteiger partial charge in [0.1, 0.15) is 11.5 Å². The van der Waals surface area contributed by atoms with Gasteiger partial charge in [-0.3, -0.25) is 0 Å². The van der Waals surface area contributed by atoms with Crippen LogP contribution in [0.3, 0.4) is 0 Å². The lowest BCUT2D eigenvalue weighted by atomic mass is 10.2. The van der Waals surface area contributed by atoms with Gasteiger partial charge < -0.3 is 24.7 Å². The molecule has 0 aliphatic heterocycles. The Morgan fingerprint density at radius 3 is 2.05 bits per heavy atom. The molecule has 5 nitrogen and oxygen atoms in total. The van der Waals surface area contributed by atoms with Gasteiger partial charge in [0.05, 0.1) is 21.3 Å². The molecule has 0 radical (unpaired) electrons. The van der Waals surface area contributed by atoms with Crippen LogP contribution in [0.2, 0.25) is 0 Å². The molecule has 0 aliphatic carbocycles. The zero-order chi connectivity index (χ0) is 15.2. The Morgan fingerprint density at radius 1 is 0.857 bits per heavy atom. The highest BCUT2D eigenvalue weighted by Crippen LogP contribution is 2.41. The molecule has 0 bridgehead atoms. The summed E-state index contributed by atoms with van der Waals surface area (Å²) in [5, 5.41) is 0. The van der Waals surface area contributed by atoms with Gasteiger partial charge in [-0.05, 0) is 17.7 Å². The Labute approximate surface area is 124 Å². The van der Waals surface area contributed by atoms with E-state index in [0.29, 0.717) is 35.3 Å². The molecule has 0 aromatic heterocycles. The molecule has 21 heavy (non-hydrogen) atoms. The van der Waals surface area contributed by atoms with E-state index >= 15 is 0 Å². The summed E-state index contributed by atoms with van der Waals surface area (Å²) in [6.07, 6.45) is 0. The molecule has 2 N–H and O–H groups in total. The highest BCUT2D eigenvalue weighted by Gasteiger charge is 2.14. The van der Waals surface area contributed by atoms with Gasteiger partial charge in [0.25, 0.3) is 0 Å². The fourth-order valence-corrected chi connectivity index (χ4v) is 1.99. The van der Waals surface area contributed by atoms with Gasteiger partial charge in [0.15, 0.2) is 11.5 Å². The Kier molecular flexibility index (Phi) is 4.90. The maximum atomic E-state index is 5.83. The van der Waals surface area contributed by atoms with E-state index in [1.165, 1.54) is 0 Å². The second kappa shape index (κ2) is 6.85. The molecule has 2 aromatic rings. The molecule has 2 aromatic carbocycles. The van der Waals surface area contributed by atoms with Crippen molar-refractivity contribution in [3.8, 4) is 28.7 Å². The van der Waals surface area contributed by atoms with Crippen molar-refractivity contribution < 1.29 is 18.9 Å². The number of nitrogens with two attached hydrogens (primary N) is 1. The third-order valence-corrected chi connectivity index (χ3v) is 3.01. The molecule has 0 aliphatic rings. The van der Waals surface area contributed by atoms with Gasteiger partial charge in [-0.2, -0.15) is 0 Å². The molecule has 0 unspecified atom stereocenters. The molecule has 0 atom stereocenters. The minimum absolute atomic E-state index is 0.465. The molecular formula is C16H19NO4. The van der Waals surface area contributed by atoms with E-state index in [1.807, 2.05) is 24.3 Å². The first-order valence-corrected chi connectivity index (χ1v) is 6.48. The highest BCUT2D eigenvalue weighted by atomic mass is 16.5. The van der Waals surface area contributed by atoms with E-state index in [1.54, 1.807) is 33.5 Å². The van der Waals surface area contributed by atoms with E-state index in [0.717, 1.165) is 5.56 Å². The minimum Gasteiger partial charge on any atom is -0.493 e. The third kappa shape index (κ3) is 3.38. The fourth-order valence-electron chi connectivity index (χ4n) is 1.99. The largest absolute Gasteiger partial charge is 0.493 e. The molecule has 112 valence electrons. The van der Waals surface area contributed by atoms with Crippen LogP contribution in [-0.4, -0.2) is 21.3 Å². The van der Waals surface area contributed by atoms with Crippen LogP contribution >= 0.6 is 0 Å². The van der Waals surface area contributed by atoms with Gasteiger partial charge in [0, 0.05) is 18.7 Å². The number of rotatable bonds is 6. The van der Waals surface area contributed by atoms with E-state index in [-0.39, 0.29) is 0 Å². The summed E-state index contributed by atoms with van der Waals surface area (Å²) < 4.78 is 21.7. The van der Waals surface area contributed by atoms with Crippen LogP contribution in [0, 0.1) is 0 Å². The van der Waals surface area contributed by atoms with Crippen molar-refractivity contribution in [2.24, 2.45) is 5.73 Å². The summed E-state index contributed by atoms with van der Waals surface area (Å²) in [5.41, 5.74) is 6.63. The van der Waals surface area contributed by atoms with Crippen molar-refractivity contribution in [1.82, 2.24) is 0 Å². The summed E-state index contributed by atoms with van der Waals surface area (Å²) >= 11 is 0. The Bertz CT molecular complexity index is 588. The Hall–Kier alpha value is -2.40. The Balaban J connectivity index is 2.35. The zero-order valence-corrected chi connectivity index (χ0v) is 12.4. The first kappa shape index (κ1) is 15.0. The number of methoxy groups -OCH3 is 3. The summed E-state index contributed by atoms with van der Waals surface area (Å²) in [5.74, 6) is 2.91. The number of hydrogen-bond donors (Lipinski definition) is 1. The molecule has 5 heteroatoms. The average Bonchev–Trinajstić information content (AvgIpc) is 2.53. The zero-order valence-electron chi connectivity index (χ0n) is 12.4. The van der Waals surface area contributed by atoms with Crippen LogP contribution in [0.25, 0.3) is 0 Å². The normalized spacial score (nSPS) is 10.1. The molecule has 0 heterocycles. The van der Waals surface area contributed by atoms with Crippen LogP contribution < -0.4 is 24.7 Å². The molecule has 0 fully saturated rings.